The molecule has 12 heteroatoms. The van der Waals surface area contributed by atoms with Crippen molar-refractivity contribution in [2.45, 2.75) is 38.5 Å². The first kappa shape index (κ1) is 25.5. The van der Waals surface area contributed by atoms with Crippen LogP contribution in [0.3, 0.4) is 0 Å². The van der Waals surface area contributed by atoms with E-state index in [0.717, 1.165) is 31.2 Å². The van der Waals surface area contributed by atoms with Crippen molar-refractivity contribution in [1.29, 1.82) is 0 Å². The van der Waals surface area contributed by atoms with E-state index < -0.39 is 46.9 Å². The van der Waals surface area contributed by atoms with Crippen molar-refractivity contribution in [2.24, 2.45) is 11.8 Å². The van der Waals surface area contributed by atoms with Gasteiger partial charge in [0.15, 0.2) is 11.6 Å². The Labute approximate surface area is 208 Å². The van der Waals surface area contributed by atoms with Gasteiger partial charge in [-0.25, -0.2) is 13.2 Å². The summed E-state index contributed by atoms with van der Waals surface area (Å²) in [6.07, 6.45) is 3.25. The number of benzene rings is 2. The molecule has 0 spiro atoms. The van der Waals surface area contributed by atoms with Crippen molar-refractivity contribution in [2.75, 3.05) is 10.6 Å². The molecular weight excluding hydrogens is 501 g/mol. The zero-order chi connectivity index (χ0) is 26.0. The third-order valence-corrected chi connectivity index (χ3v) is 6.76. The number of anilines is 3. The van der Waals surface area contributed by atoms with Crippen LogP contribution in [0.1, 0.15) is 54.8 Å². The number of aliphatic carboxylic acids is 1. The third kappa shape index (κ3) is 5.62. The molecule has 2 aromatic carbocycles. The lowest BCUT2D eigenvalue weighted by Gasteiger charge is -2.31. The van der Waals surface area contributed by atoms with Gasteiger partial charge in [0.05, 0.1) is 11.6 Å². The predicted molar refractivity (Wildman–Crippen MR) is 125 cm³/mol. The summed E-state index contributed by atoms with van der Waals surface area (Å²) in [5.74, 6) is -5.75. The number of hydrogen-bond donors (Lipinski definition) is 3. The molecule has 0 unspecified atom stereocenters. The molecule has 1 aromatic heterocycles. The molecule has 36 heavy (non-hydrogen) atoms. The van der Waals surface area contributed by atoms with E-state index in [1.807, 2.05) is 6.07 Å². The molecule has 0 bridgehead atoms. The Kier molecular flexibility index (Phi) is 7.48. The highest BCUT2D eigenvalue weighted by atomic mass is 35.5. The highest BCUT2D eigenvalue weighted by Crippen LogP contribution is 2.41. The molecule has 1 heterocycles. The fraction of sp³-hybridized carbons (Fsp3) is 0.333. The van der Waals surface area contributed by atoms with Crippen molar-refractivity contribution >= 4 is 40.9 Å². The van der Waals surface area contributed by atoms with E-state index >= 15 is 0 Å². The highest BCUT2D eigenvalue weighted by molar-refractivity contribution is 6.31. The van der Waals surface area contributed by atoms with Crippen molar-refractivity contribution in [3.8, 4) is 0 Å². The van der Waals surface area contributed by atoms with Gasteiger partial charge in [0.2, 0.25) is 0 Å². The number of carbonyl (C=O) groups excluding carboxylic acids is 1. The normalized spacial score (nSPS) is 18.5. The summed E-state index contributed by atoms with van der Waals surface area (Å²) in [4.78, 5) is 23.7. The van der Waals surface area contributed by atoms with E-state index in [-0.39, 0.29) is 17.8 Å². The maximum absolute atomic E-state index is 13.8. The molecule has 3 aromatic rings. The number of nitrogens with one attached hydrogen (secondary N) is 2. The second kappa shape index (κ2) is 10.6. The molecule has 1 atom stereocenters. The van der Waals surface area contributed by atoms with Gasteiger partial charge in [-0.1, -0.05) is 29.7 Å². The summed E-state index contributed by atoms with van der Waals surface area (Å²) in [5.41, 5.74) is 0.855. The number of nitrogens with zero attached hydrogens (tertiary/aromatic N) is 2. The maximum atomic E-state index is 13.8. The average molecular weight is 523 g/mol. The van der Waals surface area contributed by atoms with Crippen LogP contribution < -0.4 is 10.6 Å². The van der Waals surface area contributed by atoms with Gasteiger partial charge in [-0.15, -0.1) is 5.10 Å². The Hall–Kier alpha value is -3.60. The van der Waals surface area contributed by atoms with Gasteiger partial charge in [0, 0.05) is 22.8 Å². The minimum absolute atomic E-state index is 0.142. The lowest BCUT2D eigenvalue weighted by Crippen LogP contribution is -2.25. The summed E-state index contributed by atoms with van der Waals surface area (Å²) >= 11 is 6.48. The zero-order valence-electron chi connectivity index (χ0n) is 19.0. The lowest BCUT2D eigenvalue weighted by molar-refractivity contribution is -0.143. The van der Waals surface area contributed by atoms with Gasteiger partial charge < -0.3 is 20.2 Å². The minimum atomic E-state index is -1.35. The van der Waals surface area contributed by atoms with Gasteiger partial charge >= 0.3 is 23.8 Å². The molecule has 1 saturated carbocycles. The van der Waals surface area contributed by atoms with Gasteiger partial charge in [-0.2, -0.15) is 0 Å². The first-order valence-corrected chi connectivity index (χ1v) is 11.6. The number of carbonyl (C=O) groups is 2. The van der Waals surface area contributed by atoms with Crippen LogP contribution in [-0.4, -0.2) is 27.2 Å². The standard InChI is InChI=1S/C24H22ClF3N4O4/c1-11(23(34)35)12-2-4-13(5-3-12)15-7-6-14(8-16(15)25)29-21(33)22-31-32-24(36-22)30-20-10-18(27)17(26)9-19(20)28/h6-13H,2-5H2,1H3,(H,29,33)(H,30,32)(H,34,35)/t11-,12-,13-/m0/s1. The number of rotatable bonds is 7. The molecule has 1 aliphatic carbocycles. The molecule has 3 N–H and O–H groups in total. The second-order valence-corrected chi connectivity index (χ2v) is 9.12. The van der Waals surface area contributed by atoms with Crippen molar-refractivity contribution in [3.05, 3.63) is 64.3 Å². The highest BCUT2D eigenvalue weighted by Gasteiger charge is 2.30. The summed E-state index contributed by atoms with van der Waals surface area (Å²) in [7, 11) is 0. The van der Waals surface area contributed by atoms with Crippen LogP contribution >= 0.6 is 11.6 Å². The number of halogens is 4. The summed E-state index contributed by atoms with van der Waals surface area (Å²) in [6.45, 7) is 1.74. The van der Waals surface area contributed by atoms with E-state index in [9.17, 15) is 27.9 Å². The summed E-state index contributed by atoms with van der Waals surface area (Å²) < 4.78 is 45.3. The van der Waals surface area contributed by atoms with Crippen LogP contribution in [0, 0.1) is 29.3 Å². The van der Waals surface area contributed by atoms with Gasteiger partial charge in [0.1, 0.15) is 5.82 Å². The Morgan fingerprint density at radius 2 is 1.75 bits per heavy atom. The average Bonchev–Trinajstić information content (AvgIpc) is 3.31. The molecule has 1 amide bonds. The molecule has 0 radical (unpaired) electrons. The fourth-order valence-corrected chi connectivity index (χ4v) is 4.69. The third-order valence-electron chi connectivity index (χ3n) is 6.44. The quantitative estimate of drug-likeness (QED) is 0.319. The molecular formula is C24H22ClF3N4O4. The molecule has 4 rings (SSSR count). The molecule has 1 aliphatic rings. The molecule has 190 valence electrons. The number of aromatic nitrogens is 2. The number of hydrogen-bond acceptors (Lipinski definition) is 6. The maximum Gasteiger partial charge on any atom is 0.320 e. The van der Waals surface area contributed by atoms with Crippen LogP contribution in [-0.2, 0) is 4.79 Å². The van der Waals surface area contributed by atoms with Crippen LogP contribution in [0.5, 0.6) is 0 Å². The van der Waals surface area contributed by atoms with E-state index in [4.69, 9.17) is 16.0 Å². The lowest BCUT2D eigenvalue weighted by atomic mass is 9.74. The summed E-state index contributed by atoms with van der Waals surface area (Å²) in [6, 6.07) is 5.63. The van der Waals surface area contributed by atoms with E-state index in [0.29, 0.717) is 22.8 Å². The predicted octanol–water partition coefficient (Wildman–Crippen LogP) is 6.13. The summed E-state index contributed by atoms with van der Waals surface area (Å²) in [5, 5.41) is 21.7. The van der Waals surface area contributed by atoms with Gasteiger partial charge in [0.25, 0.3) is 0 Å². The Morgan fingerprint density at radius 1 is 1.06 bits per heavy atom. The fourth-order valence-electron chi connectivity index (χ4n) is 4.35. The molecule has 8 nitrogen and oxygen atoms in total. The first-order valence-electron chi connectivity index (χ1n) is 11.2. The Morgan fingerprint density at radius 3 is 2.42 bits per heavy atom. The number of carboxylic acids is 1. The van der Waals surface area contributed by atoms with Crippen LogP contribution in [0.25, 0.3) is 0 Å². The minimum Gasteiger partial charge on any atom is -0.481 e. The van der Waals surface area contributed by atoms with E-state index in [2.05, 4.69) is 20.8 Å². The number of amides is 1. The van der Waals surface area contributed by atoms with Gasteiger partial charge in [-0.05, 0) is 55.2 Å². The smallest absolute Gasteiger partial charge is 0.320 e. The monoisotopic (exact) mass is 522 g/mol. The van der Waals surface area contributed by atoms with Crippen LogP contribution in [0.15, 0.2) is 34.7 Å². The van der Waals surface area contributed by atoms with Gasteiger partial charge in [-0.3, -0.25) is 9.59 Å². The largest absolute Gasteiger partial charge is 0.481 e. The van der Waals surface area contributed by atoms with E-state index in [1.165, 1.54) is 0 Å². The zero-order valence-corrected chi connectivity index (χ0v) is 19.8. The molecule has 0 saturated heterocycles. The van der Waals surface area contributed by atoms with Crippen LogP contribution in [0.2, 0.25) is 5.02 Å². The van der Waals surface area contributed by atoms with E-state index in [1.54, 1.807) is 19.1 Å². The van der Waals surface area contributed by atoms with Crippen molar-refractivity contribution < 1.29 is 32.3 Å². The second-order valence-electron chi connectivity index (χ2n) is 8.71. The van der Waals surface area contributed by atoms with Crippen molar-refractivity contribution in [1.82, 2.24) is 10.2 Å². The van der Waals surface area contributed by atoms with Crippen LogP contribution in [0.4, 0.5) is 30.6 Å². The Balaban J connectivity index is 1.38. The molecule has 0 aliphatic heterocycles. The first-order chi connectivity index (χ1) is 17.1. The number of carboxylic acid groups (broad SMARTS) is 1. The topological polar surface area (TPSA) is 117 Å². The Bertz CT molecular complexity index is 1290. The van der Waals surface area contributed by atoms with Crippen molar-refractivity contribution in [3.63, 3.8) is 0 Å². The SMILES string of the molecule is C[C@H](C(=O)O)[C@H]1CC[C@H](c2ccc(NC(=O)c3nnc(Nc4cc(F)c(F)cc4F)o3)cc2Cl)CC1. The molecule has 1 fully saturated rings.